The SMILES string of the molecule is NNc1ccncc1S(=O)(=O)N1CCC2(CCCC2)CC1. The van der Waals surface area contributed by atoms with Crippen LogP contribution in [0.1, 0.15) is 38.5 Å². The average Bonchev–Trinajstić information content (AvgIpc) is 2.96. The topological polar surface area (TPSA) is 88.3 Å². The number of hydrazine groups is 1. The third-order valence-electron chi connectivity index (χ3n) is 5.01. The number of anilines is 1. The van der Waals surface area contributed by atoms with E-state index < -0.39 is 10.0 Å². The van der Waals surface area contributed by atoms with Gasteiger partial charge in [-0.1, -0.05) is 12.8 Å². The van der Waals surface area contributed by atoms with Gasteiger partial charge in [0.05, 0.1) is 5.69 Å². The second kappa shape index (κ2) is 5.55. The Morgan fingerprint density at radius 1 is 1.19 bits per heavy atom. The van der Waals surface area contributed by atoms with E-state index in [9.17, 15) is 8.42 Å². The Morgan fingerprint density at radius 3 is 2.48 bits per heavy atom. The van der Waals surface area contributed by atoms with Gasteiger partial charge in [0, 0.05) is 25.5 Å². The highest BCUT2D eigenvalue weighted by atomic mass is 32.2. The minimum absolute atomic E-state index is 0.162. The lowest BCUT2D eigenvalue weighted by atomic mass is 9.78. The van der Waals surface area contributed by atoms with Gasteiger partial charge in [0.25, 0.3) is 0 Å². The summed E-state index contributed by atoms with van der Waals surface area (Å²) in [5.74, 6) is 5.41. The van der Waals surface area contributed by atoms with Gasteiger partial charge in [-0.05, 0) is 37.2 Å². The largest absolute Gasteiger partial charge is 0.323 e. The number of hydrogen-bond donors (Lipinski definition) is 2. The molecule has 0 atom stereocenters. The summed E-state index contributed by atoms with van der Waals surface area (Å²) in [5.41, 5.74) is 3.24. The number of hydrogen-bond acceptors (Lipinski definition) is 5. The Labute approximate surface area is 125 Å². The first kappa shape index (κ1) is 14.7. The van der Waals surface area contributed by atoms with Crippen LogP contribution >= 0.6 is 0 Å². The maximum atomic E-state index is 12.8. The van der Waals surface area contributed by atoms with Crippen molar-refractivity contribution in [3.63, 3.8) is 0 Å². The summed E-state index contributed by atoms with van der Waals surface area (Å²) in [4.78, 5) is 4.09. The molecule has 0 radical (unpaired) electrons. The molecule has 1 aliphatic carbocycles. The molecule has 0 unspecified atom stereocenters. The summed E-state index contributed by atoms with van der Waals surface area (Å²) in [7, 11) is -3.52. The molecule has 1 spiro atoms. The van der Waals surface area contributed by atoms with Crippen LogP contribution in [0.4, 0.5) is 5.69 Å². The maximum absolute atomic E-state index is 12.8. The predicted octanol–water partition coefficient (Wildman–Crippen LogP) is 1.71. The molecule has 1 saturated carbocycles. The zero-order valence-corrected chi connectivity index (χ0v) is 12.9. The van der Waals surface area contributed by atoms with Crippen molar-refractivity contribution in [3.05, 3.63) is 18.5 Å². The van der Waals surface area contributed by atoms with E-state index in [1.165, 1.54) is 38.1 Å². The third-order valence-corrected chi connectivity index (χ3v) is 6.93. The lowest BCUT2D eigenvalue weighted by Crippen LogP contribution is -2.42. The van der Waals surface area contributed by atoms with Crippen LogP contribution in [0.15, 0.2) is 23.4 Å². The smallest absolute Gasteiger partial charge is 0.246 e. The van der Waals surface area contributed by atoms with Crippen molar-refractivity contribution in [1.29, 1.82) is 0 Å². The first-order chi connectivity index (χ1) is 10.1. The van der Waals surface area contributed by atoms with E-state index in [0.29, 0.717) is 24.2 Å². The van der Waals surface area contributed by atoms with Gasteiger partial charge in [0.1, 0.15) is 4.90 Å². The van der Waals surface area contributed by atoms with Gasteiger partial charge in [-0.15, -0.1) is 0 Å². The van der Waals surface area contributed by atoms with E-state index in [1.54, 1.807) is 10.4 Å². The number of sulfonamides is 1. The molecular weight excluding hydrogens is 288 g/mol. The Bertz CT molecular complexity index is 601. The number of piperidine rings is 1. The molecule has 21 heavy (non-hydrogen) atoms. The molecule has 3 N–H and O–H groups in total. The van der Waals surface area contributed by atoms with Crippen molar-refractivity contribution in [2.75, 3.05) is 18.5 Å². The van der Waals surface area contributed by atoms with Crippen molar-refractivity contribution in [3.8, 4) is 0 Å². The first-order valence-corrected chi connectivity index (χ1v) is 8.92. The molecular formula is C14H22N4O2S. The third kappa shape index (κ3) is 2.65. The lowest BCUT2D eigenvalue weighted by molar-refractivity contribution is 0.160. The van der Waals surface area contributed by atoms with E-state index in [0.717, 1.165) is 12.8 Å². The molecule has 3 rings (SSSR count). The van der Waals surface area contributed by atoms with Crippen molar-refractivity contribution in [1.82, 2.24) is 9.29 Å². The van der Waals surface area contributed by atoms with Gasteiger partial charge in [0.2, 0.25) is 10.0 Å². The molecule has 1 aromatic heterocycles. The van der Waals surface area contributed by atoms with Crippen molar-refractivity contribution < 1.29 is 8.42 Å². The van der Waals surface area contributed by atoms with Crippen LogP contribution in [0.5, 0.6) is 0 Å². The number of nitrogens with zero attached hydrogens (tertiary/aromatic N) is 2. The molecule has 2 aliphatic rings. The summed E-state index contributed by atoms with van der Waals surface area (Å²) in [5, 5.41) is 0. The van der Waals surface area contributed by atoms with Crippen LogP contribution in [0, 0.1) is 5.41 Å². The molecule has 0 aromatic carbocycles. The Kier molecular flexibility index (Phi) is 3.90. The van der Waals surface area contributed by atoms with E-state index in [-0.39, 0.29) is 4.90 Å². The van der Waals surface area contributed by atoms with Gasteiger partial charge in [-0.25, -0.2) is 8.42 Å². The summed E-state index contributed by atoms with van der Waals surface area (Å²) in [6.45, 7) is 1.20. The molecule has 2 fully saturated rings. The fraction of sp³-hybridized carbons (Fsp3) is 0.643. The molecule has 1 saturated heterocycles. The zero-order chi connectivity index (χ0) is 14.9. The monoisotopic (exact) mass is 310 g/mol. The molecule has 1 aromatic rings. The number of pyridine rings is 1. The summed E-state index contributed by atoms with van der Waals surface area (Å²) in [6.07, 6.45) is 9.91. The van der Waals surface area contributed by atoms with Gasteiger partial charge in [-0.2, -0.15) is 4.31 Å². The Hall–Kier alpha value is -1.18. The molecule has 7 heteroatoms. The van der Waals surface area contributed by atoms with E-state index in [2.05, 4.69) is 10.4 Å². The number of rotatable bonds is 3. The number of nitrogens with two attached hydrogens (primary N) is 1. The standard InChI is InChI=1S/C14H22N4O2S/c15-17-12-3-8-16-11-13(12)21(19,20)18-9-6-14(7-10-18)4-1-2-5-14/h3,8,11H,1-2,4-7,9-10,15H2,(H,16,17). The van der Waals surface area contributed by atoms with E-state index >= 15 is 0 Å². The maximum Gasteiger partial charge on any atom is 0.246 e. The summed E-state index contributed by atoms with van der Waals surface area (Å²) >= 11 is 0. The first-order valence-electron chi connectivity index (χ1n) is 7.48. The Morgan fingerprint density at radius 2 is 1.86 bits per heavy atom. The van der Waals surface area contributed by atoms with Crippen LogP contribution in [0.2, 0.25) is 0 Å². The van der Waals surface area contributed by atoms with Crippen LogP contribution in [0.3, 0.4) is 0 Å². The molecule has 2 heterocycles. The normalized spacial score (nSPS) is 22.5. The zero-order valence-electron chi connectivity index (χ0n) is 12.1. The fourth-order valence-electron chi connectivity index (χ4n) is 3.67. The minimum Gasteiger partial charge on any atom is -0.323 e. The number of nitrogen functional groups attached to an aromatic ring is 1. The number of nitrogens with one attached hydrogen (secondary N) is 1. The highest BCUT2D eigenvalue weighted by Gasteiger charge is 2.40. The molecule has 6 nitrogen and oxygen atoms in total. The summed E-state index contributed by atoms with van der Waals surface area (Å²) in [6, 6.07) is 1.58. The van der Waals surface area contributed by atoms with Crippen LogP contribution < -0.4 is 11.3 Å². The van der Waals surface area contributed by atoms with Crippen LogP contribution in [-0.2, 0) is 10.0 Å². The quantitative estimate of drug-likeness (QED) is 0.655. The lowest BCUT2D eigenvalue weighted by Gasteiger charge is -2.38. The van der Waals surface area contributed by atoms with Gasteiger partial charge in [0.15, 0.2) is 0 Å². The summed E-state index contributed by atoms with van der Waals surface area (Å²) < 4.78 is 27.1. The molecule has 116 valence electrons. The van der Waals surface area contributed by atoms with Crippen LogP contribution in [-0.4, -0.2) is 30.8 Å². The average molecular weight is 310 g/mol. The molecule has 0 amide bonds. The second-order valence-corrected chi connectivity index (χ2v) is 8.03. The predicted molar refractivity (Wildman–Crippen MR) is 80.9 cm³/mol. The van der Waals surface area contributed by atoms with Gasteiger partial charge < -0.3 is 5.43 Å². The molecule has 1 aliphatic heterocycles. The van der Waals surface area contributed by atoms with Crippen molar-refractivity contribution in [2.24, 2.45) is 11.3 Å². The number of aromatic nitrogens is 1. The fourth-order valence-corrected chi connectivity index (χ4v) is 5.21. The van der Waals surface area contributed by atoms with E-state index in [1.807, 2.05) is 0 Å². The van der Waals surface area contributed by atoms with Crippen LogP contribution in [0.25, 0.3) is 0 Å². The van der Waals surface area contributed by atoms with Crippen molar-refractivity contribution in [2.45, 2.75) is 43.4 Å². The van der Waals surface area contributed by atoms with Gasteiger partial charge >= 0.3 is 0 Å². The van der Waals surface area contributed by atoms with Gasteiger partial charge in [-0.3, -0.25) is 10.8 Å². The minimum atomic E-state index is -3.52. The molecule has 0 bridgehead atoms. The Balaban J connectivity index is 1.80. The second-order valence-electron chi connectivity index (χ2n) is 6.13. The van der Waals surface area contributed by atoms with E-state index in [4.69, 9.17) is 5.84 Å². The highest BCUT2D eigenvalue weighted by molar-refractivity contribution is 7.89. The van der Waals surface area contributed by atoms with Crippen molar-refractivity contribution >= 4 is 15.7 Å². The highest BCUT2D eigenvalue weighted by Crippen LogP contribution is 2.46.